The van der Waals surface area contributed by atoms with Gasteiger partial charge in [0.15, 0.2) is 11.5 Å². The second-order valence-electron chi connectivity index (χ2n) is 3.29. The Morgan fingerprint density at radius 2 is 2.07 bits per heavy atom. The van der Waals surface area contributed by atoms with E-state index in [1.54, 1.807) is 12.1 Å². The van der Waals surface area contributed by atoms with Crippen molar-refractivity contribution >= 4 is 15.9 Å². The summed E-state index contributed by atoms with van der Waals surface area (Å²) in [6.07, 6.45) is -0.0600. The van der Waals surface area contributed by atoms with Crippen LogP contribution in [-0.2, 0) is 0 Å². The lowest BCUT2D eigenvalue weighted by Gasteiger charge is -2.14. The van der Waals surface area contributed by atoms with Gasteiger partial charge in [-0.3, -0.25) is 0 Å². The van der Waals surface area contributed by atoms with Crippen molar-refractivity contribution in [3.63, 3.8) is 0 Å². The summed E-state index contributed by atoms with van der Waals surface area (Å²) < 4.78 is 24.9. The van der Waals surface area contributed by atoms with Gasteiger partial charge in [-0.05, 0) is 48.8 Å². The summed E-state index contributed by atoms with van der Waals surface area (Å²) in [7, 11) is 0. The fourth-order valence-electron chi connectivity index (χ4n) is 1.14. The number of ether oxygens (including phenoxy) is 2. The van der Waals surface area contributed by atoms with Gasteiger partial charge in [0.1, 0.15) is 0 Å². The Labute approximate surface area is 97.5 Å². The molecule has 0 unspecified atom stereocenters. The average Bonchev–Trinajstić information content (AvgIpc) is 2.16. The maximum Gasteiger partial charge on any atom is 0.208 e. The van der Waals surface area contributed by atoms with Gasteiger partial charge in [0.05, 0.1) is 17.2 Å². The van der Waals surface area contributed by atoms with E-state index in [0.717, 1.165) is 0 Å². The zero-order chi connectivity index (χ0) is 11.4. The Kier molecular flexibility index (Phi) is 4.39. The summed E-state index contributed by atoms with van der Waals surface area (Å²) in [4.78, 5) is 0. The molecule has 0 aliphatic heterocycles. The van der Waals surface area contributed by atoms with Crippen molar-refractivity contribution in [2.24, 2.45) is 0 Å². The molecule has 0 atom stereocenters. The van der Waals surface area contributed by atoms with Crippen molar-refractivity contribution in [2.45, 2.75) is 26.9 Å². The Balaban J connectivity index is 3.04. The molecule has 1 rings (SSSR count). The van der Waals surface area contributed by atoms with Gasteiger partial charge < -0.3 is 9.47 Å². The van der Waals surface area contributed by atoms with Crippen LogP contribution >= 0.6 is 15.9 Å². The van der Waals surface area contributed by atoms with Crippen LogP contribution in [0.25, 0.3) is 0 Å². The second kappa shape index (κ2) is 5.35. The summed E-state index contributed by atoms with van der Waals surface area (Å²) in [6.45, 7) is 5.92. The Morgan fingerprint density at radius 1 is 1.40 bits per heavy atom. The number of hydrogen-bond acceptors (Lipinski definition) is 2. The van der Waals surface area contributed by atoms with Crippen LogP contribution in [0.1, 0.15) is 20.8 Å². The highest BCUT2D eigenvalue weighted by Crippen LogP contribution is 2.34. The lowest BCUT2D eigenvalue weighted by molar-refractivity contribution is 0.225. The summed E-state index contributed by atoms with van der Waals surface area (Å²) in [5, 5.41) is 0. The van der Waals surface area contributed by atoms with Crippen molar-refractivity contribution in [2.75, 3.05) is 6.61 Å². The zero-order valence-electron chi connectivity index (χ0n) is 9.01. The van der Waals surface area contributed by atoms with Gasteiger partial charge in [-0.25, -0.2) is 0 Å². The highest BCUT2D eigenvalue weighted by atomic mass is 79.9. The van der Waals surface area contributed by atoms with Gasteiger partial charge in [0.25, 0.3) is 0 Å². The summed E-state index contributed by atoms with van der Waals surface area (Å²) in [6, 6.07) is 3.30. The van der Waals surface area contributed by atoms with Crippen molar-refractivity contribution in [1.29, 1.82) is 0 Å². The summed E-state index contributed by atoms with van der Waals surface area (Å²) >= 11 is 3.23. The van der Waals surface area contributed by atoms with Gasteiger partial charge in [0.2, 0.25) is 5.82 Å². The first-order valence-corrected chi connectivity index (χ1v) is 5.63. The molecule has 0 radical (unpaired) electrons. The minimum Gasteiger partial charge on any atom is -0.489 e. The minimum atomic E-state index is -0.458. The number of rotatable bonds is 4. The van der Waals surface area contributed by atoms with Crippen molar-refractivity contribution in [3.05, 3.63) is 22.4 Å². The molecule has 1 aromatic rings. The smallest absolute Gasteiger partial charge is 0.208 e. The predicted molar refractivity (Wildman–Crippen MR) is 61.0 cm³/mol. The first-order valence-electron chi connectivity index (χ1n) is 4.83. The van der Waals surface area contributed by atoms with E-state index in [1.165, 1.54) is 0 Å². The van der Waals surface area contributed by atoms with Gasteiger partial charge >= 0.3 is 0 Å². The summed E-state index contributed by atoms with van der Waals surface area (Å²) in [5.41, 5.74) is 0. The molecule has 0 aromatic heterocycles. The van der Waals surface area contributed by atoms with Crippen molar-refractivity contribution in [1.82, 2.24) is 0 Å². The van der Waals surface area contributed by atoms with Crippen LogP contribution in [-0.4, -0.2) is 12.7 Å². The third-order valence-electron chi connectivity index (χ3n) is 1.66. The van der Waals surface area contributed by atoms with Crippen LogP contribution in [0.4, 0.5) is 4.39 Å². The molecule has 0 bridgehead atoms. The fraction of sp³-hybridized carbons (Fsp3) is 0.455. The molecule has 84 valence electrons. The summed E-state index contributed by atoms with van der Waals surface area (Å²) in [5.74, 6) is -0.0350. The van der Waals surface area contributed by atoms with Gasteiger partial charge in [-0.1, -0.05) is 0 Å². The molecule has 0 fully saturated rings. The van der Waals surface area contributed by atoms with Crippen LogP contribution in [0.2, 0.25) is 0 Å². The highest BCUT2D eigenvalue weighted by Gasteiger charge is 2.14. The first kappa shape index (κ1) is 12.3. The van der Waals surface area contributed by atoms with E-state index < -0.39 is 5.82 Å². The standard InChI is InChI=1S/C11H14BrFO2/c1-4-14-11-8(12)5-6-9(10(11)13)15-7(2)3/h5-7H,4H2,1-3H3. The molecule has 15 heavy (non-hydrogen) atoms. The predicted octanol–water partition coefficient (Wildman–Crippen LogP) is 3.77. The number of halogens is 2. The van der Waals surface area contributed by atoms with Crippen molar-refractivity contribution in [3.8, 4) is 11.5 Å². The average molecular weight is 277 g/mol. The van der Waals surface area contributed by atoms with Crippen molar-refractivity contribution < 1.29 is 13.9 Å². The third kappa shape index (κ3) is 3.09. The maximum atomic E-state index is 13.8. The molecular weight excluding hydrogens is 263 g/mol. The van der Waals surface area contributed by atoms with Crippen LogP contribution in [0.3, 0.4) is 0 Å². The Morgan fingerprint density at radius 3 is 2.60 bits per heavy atom. The quantitative estimate of drug-likeness (QED) is 0.834. The molecule has 0 N–H and O–H groups in total. The molecule has 1 aromatic carbocycles. The Bertz CT molecular complexity index is 340. The number of benzene rings is 1. The number of hydrogen-bond donors (Lipinski definition) is 0. The molecule has 0 spiro atoms. The van der Waals surface area contributed by atoms with Gasteiger partial charge in [-0.15, -0.1) is 0 Å². The molecule has 0 amide bonds. The normalized spacial score (nSPS) is 10.5. The highest BCUT2D eigenvalue weighted by molar-refractivity contribution is 9.10. The van der Waals surface area contributed by atoms with E-state index in [-0.39, 0.29) is 17.6 Å². The monoisotopic (exact) mass is 276 g/mol. The Hall–Kier alpha value is -0.770. The molecule has 0 heterocycles. The topological polar surface area (TPSA) is 18.5 Å². The molecular formula is C11H14BrFO2. The molecule has 0 aliphatic carbocycles. The van der Waals surface area contributed by atoms with E-state index in [0.29, 0.717) is 11.1 Å². The maximum absolute atomic E-state index is 13.8. The van der Waals surface area contributed by atoms with E-state index in [4.69, 9.17) is 9.47 Å². The van der Waals surface area contributed by atoms with Crippen LogP contribution in [0.5, 0.6) is 11.5 Å². The lowest BCUT2D eigenvalue weighted by Crippen LogP contribution is -2.08. The van der Waals surface area contributed by atoms with E-state index >= 15 is 0 Å². The lowest BCUT2D eigenvalue weighted by atomic mass is 10.3. The first-order chi connectivity index (χ1) is 7.06. The second-order valence-corrected chi connectivity index (χ2v) is 4.14. The van der Waals surface area contributed by atoms with E-state index in [2.05, 4.69) is 15.9 Å². The fourth-order valence-corrected chi connectivity index (χ4v) is 1.56. The van der Waals surface area contributed by atoms with Crippen LogP contribution < -0.4 is 9.47 Å². The third-order valence-corrected chi connectivity index (χ3v) is 2.29. The largest absolute Gasteiger partial charge is 0.489 e. The SMILES string of the molecule is CCOc1c(Br)ccc(OC(C)C)c1F. The van der Waals surface area contributed by atoms with Crippen LogP contribution in [0, 0.1) is 5.82 Å². The molecule has 0 saturated heterocycles. The van der Waals surface area contributed by atoms with Crippen LogP contribution in [0.15, 0.2) is 16.6 Å². The zero-order valence-corrected chi connectivity index (χ0v) is 10.6. The minimum absolute atomic E-state index is 0.0600. The van der Waals surface area contributed by atoms with Gasteiger partial charge in [-0.2, -0.15) is 4.39 Å². The molecule has 0 aliphatic rings. The molecule has 4 heteroatoms. The van der Waals surface area contributed by atoms with Gasteiger partial charge in [0, 0.05) is 0 Å². The molecule has 2 nitrogen and oxygen atoms in total. The van der Waals surface area contributed by atoms with E-state index in [1.807, 2.05) is 20.8 Å². The van der Waals surface area contributed by atoms with E-state index in [9.17, 15) is 4.39 Å². The molecule has 0 saturated carbocycles.